The van der Waals surface area contributed by atoms with Crippen LogP contribution in [0.15, 0.2) is 27.1 Å². The fraction of sp³-hybridized carbons (Fsp3) is 0.364. The summed E-state index contributed by atoms with van der Waals surface area (Å²) in [6.45, 7) is 2.48. The molecule has 0 heterocycles. The Morgan fingerprint density at radius 3 is 2.75 bits per heavy atom. The van der Waals surface area contributed by atoms with Gasteiger partial charge in [0.1, 0.15) is 0 Å². The zero-order valence-electron chi connectivity index (χ0n) is 8.84. The third-order valence-corrected chi connectivity index (χ3v) is 3.40. The number of nitrogens with one attached hydrogen (secondary N) is 1. The van der Waals surface area contributed by atoms with Crippen molar-refractivity contribution in [3.63, 3.8) is 0 Å². The van der Waals surface area contributed by atoms with E-state index in [4.69, 9.17) is 5.11 Å². The standard InChI is InChI=1S/C11H13Br2NO2/c1-7(14-5-4-11(15)16)9-3-2-8(12)6-10(9)13/h2-3,6-7,14H,4-5H2,1H3,(H,15,16). The fourth-order valence-corrected chi connectivity index (χ4v) is 2.75. The molecule has 88 valence electrons. The Labute approximate surface area is 111 Å². The van der Waals surface area contributed by atoms with Gasteiger partial charge in [0.05, 0.1) is 6.42 Å². The molecule has 1 rings (SSSR count). The molecule has 0 bridgehead atoms. The van der Waals surface area contributed by atoms with E-state index in [1.807, 2.05) is 25.1 Å². The molecule has 3 nitrogen and oxygen atoms in total. The van der Waals surface area contributed by atoms with Gasteiger partial charge in [-0.3, -0.25) is 4.79 Å². The van der Waals surface area contributed by atoms with Gasteiger partial charge in [-0.2, -0.15) is 0 Å². The van der Waals surface area contributed by atoms with Crippen LogP contribution < -0.4 is 5.32 Å². The van der Waals surface area contributed by atoms with E-state index in [9.17, 15) is 4.79 Å². The van der Waals surface area contributed by atoms with Gasteiger partial charge in [-0.15, -0.1) is 0 Å². The normalized spacial score (nSPS) is 12.4. The van der Waals surface area contributed by atoms with E-state index >= 15 is 0 Å². The van der Waals surface area contributed by atoms with Crippen LogP contribution in [-0.4, -0.2) is 17.6 Å². The maximum Gasteiger partial charge on any atom is 0.304 e. The number of carbonyl (C=O) groups is 1. The molecule has 0 aromatic heterocycles. The number of carboxylic acid groups (broad SMARTS) is 1. The molecule has 0 saturated carbocycles. The van der Waals surface area contributed by atoms with Gasteiger partial charge in [0.25, 0.3) is 0 Å². The van der Waals surface area contributed by atoms with Crippen molar-refractivity contribution in [3.8, 4) is 0 Å². The molecule has 0 aliphatic carbocycles. The van der Waals surface area contributed by atoms with Crippen LogP contribution in [0.2, 0.25) is 0 Å². The highest BCUT2D eigenvalue weighted by atomic mass is 79.9. The van der Waals surface area contributed by atoms with Gasteiger partial charge >= 0.3 is 5.97 Å². The highest BCUT2D eigenvalue weighted by Gasteiger charge is 2.09. The first-order chi connectivity index (χ1) is 7.50. The molecule has 1 aromatic carbocycles. The van der Waals surface area contributed by atoms with Crippen LogP contribution in [0.3, 0.4) is 0 Å². The lowest BCUT2D eigenvalue weighted by Gasteiger charge is -2.15. The summed E-state index contributed by atoms with van der Waals surface area (Å²) in [5, 5.41) is 11.7. The molecule has 1 aromatic rings. The van der Waals surface area contributed by atoms with Crippen LogP contribution in [0.4, 0.5) is 0 Å². The molecule has 0 fully saturated rings. The molecular formula is C11H13Br2NO2. The molecular weight excluding hydrogens is 338 g/mol. The summed E-state index contributed by atoms with van der Waals surface area (Å²) < 4.78 is 2.03. The first-order valence-electron chi connectivity index (χ1n) is 4.91. The summed E-state index contributed by atoms with van der Waals surface area (Å²) in [5.41, 5.74) is 1.12. The maximum atomic E-state index is 10.4. The molecule has 5 heteroatoms. The van der Waals surface area contributed by atoms with Gasteiger partial charge in [-0.05, 0) is 24.6 Å². The highest BCUT2D eigenvalue weighted by Crippen LogP contribution is 2.26. The summed E-state index contributed by atoms with van der Waals surface area (Å²) in [4.78, 5) is 10.4. The zero-order chi connectivity index (χ0) is 12.1. The topological polar surface area (TPSA) is 49.3 Å². The number of benzene rings is 1. The first-order valence-corrected chi connectivity index (χ1v) is 6.49. The van der Waals surface area contributed by atoms with Crippen molar-refractivity contribution in [3.05, 3.63) is 32.7 Å². The third kappa shape index (κ3) is 4.23. The Morgan fingerprint density at radius 2 is 2.19 bits per heavy atom. The second-order valence-corrected chi connectivity index (χ2v) is 5.26. The lowest BCUT2D eigenvalue weighted by molar-refractivity contribution is -0.136. The number of hydrogen-bond donors (Lipinski definition) is 2. The smallest absolute Gasteiger partial charge is 0.304 e. The average Bonchev–Trinajstić information content (AvgIpc) is 2.16. The van der Waals surface area contributed by atoms with Gasteiger partial charge in [0.15, 0.2) is 0 Å². The monoisotopic (exact) mass is 349 g/mol. The Morgan fingerprint density at radius 1 is 1.50 bits per heavy atom. The summed E-state index contributed by atoms with van der Waals surface area (Å²) in [7, 11) is 0. The molecule has 0 saturated heterocycles. The number of aliphatic carboxylic acids is 1. The fourth-order valence-electron chi connectivity index (χ4n) is 1.36. The number of carboxylic acids is 1. The SMILES string of the molecule is CC(NCCC(=O)O)c1ccc(Br)cc1Br. The molecule has 0 radical (unpaired) electrons. The predicted molar refractivity (Wildman–Crippen MR) is 70.5 cm³/mol. The summed E-state index contributed by atoms with van der Waals surface area (Å²) in [6.07, 6.45) is 0.137. The van der Waals surface area contributed by atoms with E-state index in [0.29, 0.717) is 6.54 Å². The Kier molecular flexibility index (Phi) is 5.44. The highest BCUT2D eigenvalue weighted by molar-refractivity contribution is 9.11. The van der Waals surface area contributed by atoms with Gasteiger partial charge in [0.2, 0.25) is 0 Å². The minimum Gasteiger partial charge on any atom is -0.481 e. The lowest BCUT2D eigenvalue weighted by Crippen LogP contribution is -2.22. The van der Waals surface area contributed by atoms with E-state index in [0.717, 1.165) is 14.5 Å². The van der Waals surface area contributed by atoms with Crippen molar-refractivity contribution in [1.29, 1.82) is 0 Å². The van der Waals surface area contributed by atoms with Crippen LogP contribution >= 0.6 is 31.9 Å². The molecule has 16 heavy (non-hydrogen) atoms. The van der Waals surface area contributed by atoms with E-state index < -0.39 is 5.97 Å². The lowest BCUT2D eigenvalue weighted by atomic mass is 10.1. The van der Waals surface area contributed by atoms with Crippen LogP contribution in [0.5, 0.6) is 0 Å². The molecule has 2 N–H and O–H groups in total. The van der Waals surface area contributed by atoms with E-state index in [-0.39, 0.29) is 12.5 Å². The number of rotatable bonds is 5. The molecule has 0 amide bonds. The van der Waals surface area contributed by atoms with E-state index in [1.165, 1.54) is 0 Å². The molecule has 1 unspecified atom stereocenters. The first kappa shape index (κ1) is 13.7. The zero-order valence-corrected chi connectivity index (χ0v) is 12.0. The van der Waals surface area contributed by atoms with Crippen molar-refractivity contribution in [2.24, 2.45) is 0 Å². The largest absolute Gasteiger partial charge is 0.481 e. The van der Waals surface area contributed by atoms with Gasteiger partial charge in [-0.25, -0.2) is 0 Å². The van der Waals surface area contributed by atoms with Crippen LogP contribution in [0.25, 0.3) is 0 Å². The predicted octanol–water partition coefficient (Wildman–Crippen LogP) is 3.34. The quantitative estimate of drug-likeness (QED) is 0.856. The van der Waals surface area contributed by atoms with Gasteiger partial charge in [-0.1, -0.05) is 37.9 Å². The van der Waals surface area contributed by atoms with Crippen molar-refractivity contribution in [1.82, 2.24) is 5.32 Å². The van der Waals surface area contributed by atoms with Crippen molar-refractivity contribution >= 4 is 37.8 Å². The minimum atomic E-state index is -0.783. The van der Waals surface area contributed by atoms with E-state index in [1.54, 1.807) is 0 Å². The second-order valence-electron chi connectivity index (χ2n) is 3.49. The number of hydrogen-bond acceptors (Lipinski definition) is 2. The van der Waals surface area contributed by atoms with Crippen LogP contribution in [-0.2, 0) is 4.79 Å². The molecule has 0 spiro atoms. The minimum absolute atomic E-state index is 0.127. The molecule has 1 atom stereocenters. The van der Waals surface area contributed by atoms with E-state index in [2.05, 4.69) is 37.2 Å². The van der Waals surface area contributed by atoms with Crippen LogP contribution in [0, 0.1) is 0 Å². The molecule has 0 aliphatic rings. The maximum absolute atomic E-state index is 10.4. The second kappa shape index (κ2) is 6.37. The Hall–Kier alpha value is -0.390. The van der Waals surface area contributed by atoms with Gasteiger partial charge < -0.3 is 10.4 Å². The molecule has 0 aliphatic heterocycles. The third-order valence-electron chi connectivity index (χ3n) is 2.22. The van der Waals surface area contributed by atoms with Crippen molar-refractivity contribution < 1.29 is 9.90 Å². The summed E-state index contributed by atoms with van der Waals surface area (Å²) >= 11 is 6.87. The Bertz CT molecular complexity index is 382. The Balaban J connectivity index is 2.58. The summed E-state index contributed by atoms with van der Waals surface area (Å²) in [5.74, 6) is -0.783. The number of halogens is 2. The van der Waals surface area contributed by atoms with Crippen molar-refractivity contribution in [2.45, 2.75) is 19.4 Å². The van der Waals surface area contributed by atoms with Crippen LogP contribution in [0.1, 0.15) is 24.9 Å². The summed E-state index contributed by atoms with van der Waals surface area (Å²) in [6, 6.07) is 6.08. The van der Waals surface area contributed by atoms with Gasteiger partial charge in [0, 0.05) is 21.5 Å². The average molecular weight is 351 g/mol. The van der Waals surface area contributed by atoms with Crippen molar-refractivity contribution in [2.75, 3.05) is 6.54 Å².